The number of carbonyl (C=O) groups is 1. The van der Waals surface area contributed by atoms with Crippen LogP contribution in [0.3, 0.4) is 0 Å². The molecule has 0 amide bonds. The van der Waals surface area contributed by atoms with Gasteiger partial charge in [0.2, 0.25) is 0 Å². The van der Waals surface area contributed by atoms with Crippen LogP contribution in [0, 0.1) is 0 Å². The molecule has 0 N–H and O–H groups in total. The fraction of sp³-hybridized carbons (Fsp3) is 0.562. The molecule has 0 unspecified atom stereocenters. The third-order valence-corrected chi connectivity index (χ3v) is 3.62. The van der Waals surface area contributed by atoms with Crippen molar-refractivity contribution in [2.45, 2.75) is 51.6 Å². The van der Waals surface area contributed by atoms with E-state index in [4.69, 9.17) is 9.47 Å². The molecule has 3 nitrogen and oxygen atoms in total. The Bertz CT molecular complexity index is 428. The monoisotopic (exact) mass is 262 g/mol. The minimum atomic E-state index is -0.183. The lowest BCUT2D eigenvalue weighted by Gasteiger charge is -2.31. The molecule has 0 bridgehead atoms. The highest BCUT2D eigenvalue weighted by atomic mass is 16.5. The second-order valence-corrected chi connectivity index (χ2v) is 5.04. The van der Waals surface area contributed by atoms with Crippen LogP contribution in [0.5, 0.6) is 5.75 Å². The van der Waals surface area contributed by atoms with Gasteiger partial charge < -0.3 is 9.47 Å². The van der Waals surface area contributed by atoms with E-state index in [0.29, 0.717) is 12.5 Å². The lowest BCUT2D eigenvalue weighted by atomic mass is 9.81. The molecule has 1 aromatic carbocycles. The van der Waals surface area contributed by atoms with Gasteiger partial charge >= 0.3 is 5.97 Å². The number of carbonyl (C=O) groups excluding carboxylic acids is 1. The standard InChI is InChI=1S/C16H22O3/c1-3-18-14-8-6-7-13(11-14)15-9-4-5-10-16(15)19-12(2)17/h6-8,11,15-16H,3-5,9-10H2,1-2H3/t15-,16+/m1/s1. The molecule has 1 aromatic rings. The molecule has 1 aliphatic carbocycles. The van der Waals surface area contributed by atoms with Crippen LogP contribution < -0.4 is 4.74 Å². The van der Waals surface area contributed by atoms with E-state index in [1.165, 1.54) is 18.9 Å². The molecule has 0 aromatic heterocycles. The maximum atomic E-state index is 11.2. The highest BCUT2D eigenvalue weighted by Gasteiger charge is 2.29. The minimum absolute atomic E-state index is 0.0168. The molecule has 19 heavy (non-hydrogen) atoms. The third-order valence-electron chi connectivity index (χ3n) is 3.62. The molecular weight excluding hydrogens is 240 g/mol. The molecule has 1 fully saturated rings. The number of benzene rings is 1. The van der Waals surface area contributed by atoms with Crippen LogP contribution in [0.25, 0.3) is 0 Å². The van der Waals surface area contributed by atoms with E-state index in [-0.39, 0.29) is 12.1 Å². The Morgan fingerprint density at radius 1 is 1.32 bits per heavy atom. The summed E-state index contributed by atoms with van der Waals surface area (Å²) in [7, 11) is 0. The SMILES string of the molecule is CCOc1cccc([C@H]2CCCC[C@@H]2OC(C)=O)c1. The number of esters is 1. The van der Waals surface area contributed by atoms with Gasteiger partial charge in [0.15, 0.2) is 0 Å². The van der Waals surface area contributed by atoms with Gasteiger partial charge in [-0.1, -0.05) is 18.6 Å². The van der Waals surface area contributed by atoms with E-state index in [9.17, 15) is 4.79 Å². The Morgan fingerprint density at radius 3 is 2.84 bits per heavy atom. The van der Waals surface area contributed by atoms with Crippen molar-refractivity contribution in [2.75, 3.05) is 6.61 Å². The van der Waals surface area contributed by atoms with Crippen molar-refractivity contribution in [3.8, 4) is 5.75 Å². The van der Waals surface area contributed by atoms with Crippen molar-refractivity contribution in [3.05, 3.63) is 29.8 Å². The maximum Gasteiger partial charge on any atom is 0.302 e. The molecule has 0 aliphatic heterocycles. The molecule has 0 heterocycles. The lowest BCUT2D eigenvalue weighted by Crippen LogP contribution is -2.27. The largest absolute Gasteiger partial charge is 0.494 e. The second-order valence-electron chi connectivity index (χ2n) is 5.04. The number of hydrogen-bond donors (Lipinski definition) is 0. The molecular formula is C16H22O3. The summed E-state index contributed by atoms with van der Waals surface area (Å²) in [5.41, 5.74) is 1.22. The van der Waals surface area contributed by atoms with Crippen molar-refractivity contribution < 1.29 is 14.3 Å². The van der Waals surface area contributed by atoms with Crippen LogP contribution in [0.15, 0.2) is 24.3 Å². The van der Waals surface area contributed by atoms with Gasteiger partial charge in [-0.25, -0.2) is 0 Å². The first kappa shape index (κ1) is 13.9. The highest BCUT2D eigenvalue weighted by Crippen LogP contribution is 2.36. The Kier molecular flexibility index (Phi) is 4.83. The summed E-state index contributed by atoms with van der Waals surface area (Å²) in [5.74, 6) is 1.02. The molecule has 1 aliphatic rings. The van der Waals surface area contributed by atoms with Crippen LogP contribution >= 0.6 is 0 Å². The Labute approximate surface area is 114 Å². The molecule has 3 heteroatoms. The molecule has 104 valence electrons. The Morgan fingerprint density at radius 2 is 2.11 bits per heavy atom. The van der Waals surface area contributed by atoms with Gasteiger partial charge in [0.1, 0.15) is 11.9 Å². The van der Waals surface area contributed by atoms with Gasteiger partial charge in [0, 0.05) is 12.8 Å². The van der Waals surface area contributed by atoms with Crippen molar-refractivity contribution in [2.24, 2.45) is 0 Å². The summed E-state index contributed by atoms with van der Waals surface area (Å²) in [6, 6.07) is 8.17. The number of ether oxygens (including phenoxy) is 2. The normalized spacial score (nSPS) is 22.8. The summed E-state index contributed by atoms with van der Waals surface area (Å²) >= 11 is 0. The van der Waals surface area contributed by atoms with Gasteiger partial charge in [-0.15, -0.1) is 0 Å². The first-order valence-corrected chi connectivity index (χ1v) is 7.10. The Hall–Kier alpha value is -1.51. The minimum Gasteiger partial charge on any atom is -0.494 e. The van der Waals surface area contributed by atoms with Gasteiger partial charge in [0.05, 0.1) is 6.61 Å². The van der Waals surface area contributed by atoms with Crippen LogP contribution in [-0.2, 0) is 9.53 Å². The fourth-order valence-corrected chi connectivity index (χ4v) is 2.83. The van der Waals surface area contributed by atoms with E-state index in [1.807, 2.05) is 19.1 Å². The van der Waals surface area contributed by atoms with Crippen molar-refractivity contribution >= 4 is 5.97 Å². The van der Waals surface area contributed by atoms with E-state index in [1.54, 1.807) is 0 Å². The average molecular weight is 262 g/mol. The van der Waals surface area contributed by atoms with E-state index in [0.717, 1.165) is 25.0 Å². The van der Waals surface area contributed by atoms with Crippen LogP contribution in [0.4, 0.5) is 0 Å². The summed E-state index contributed by atoms with van der Waals surface area (Å²) in [6.07, 6.45) is 4.39. The summed E-state index contributed by atoms with van der Waals surface area (Å²) in [5, 5.41) is 0. The van der Waals surface area contributed by atoms with E-state index < -0.39 is 0 Å². The van der Waals surface area contributed by atoms with Crippen LogP contribution in [-0.4, -0.2) is 18.7 Å². The molecule has 1 saturated carbocycles. The number of hydrogen-bond acceptors (Lipinski definition) is 3. The zero-order valence-corrected chi connectivity index (χ0v) is 11.7. The third kappa shape index (κ3) is 3.72. The average Bonchev–Trinajstić information content (AvgIpc) is 2.39. The fourth-order valence-electron chi connectivity index (χ4n) is 2.83. The second kappa shape index (κ2) is 6.60. The van der Waals surface area contributed by atoms with Crippen LogP contribution in [0.2, 0.25) is 0 Å². The first-order chi connectivity index (χ1) is 9.20. The summed E-state index contributed by atoms with van der Waals surface area (Å²) in [6.45, 7) is 4.14. The van der Waals surface area contributed by atoms with E-state index >= 15 is 0 Å². The van der Waals surface area contributed by atoms with Gasteiger partial charge in [-0.05, 0) is 43.9 Å². The van der Waals surface area contributed by atoms with Crippen molar-refractivity contribution in [1.82, 2.24) is 0 Å². The molecule has 0 spiro atoms. The maximum absolute atomic E-state index is 11.2. The molecule has 2 atom stereocenters. The lowest BCUT2D eigenvalue weighted by molar-refractivity contribution is -0.148. The highest BCUT2D eigenvalue weighted by molar-refractivity contribution is 5.66. The van der Waals surface area contributed by atoms with Crippen molar-refractivity contribution in [1.29, 1.82) is 0 Å². The zero-order valence-electron chi connectivity index (χ0n) is 11.7. The van der Waals surface area contributed by atoms with Gasteiger partial charge in [0.25, 0.3) is 0 Å². The van der Waals surface area contributed by atoms with Crippen molar-refractivity contribution in [3.63, 3.8) is 0 Å². The predicted octanol–water partition coefficient (Wildman–Crippen LogP) is 3.67. The molecule has 0 saturated heterocycles. The first-order valence-electron chi connectivity index (χ1n) is 7.10. The van der Waals surface area contributed by atoms with Crippen LogP contribution in [0.1, 0.15) is 51.0 Å². The zero-order chi connectivity index (χ0) is 13.7. The molecule has 2 rings (SSSR count). The number of rotatable bonds is 4. The molecule has 0 radical (unpaired) electrons. The summed E-state index contributed by atoms with van der Waals surface area (Å²) < 4.78 is 11.0. The van der Waals surface area contributed by atoms with E-state index in [2.05, 4.69) is 12.1 Å². The van der Waals surface area contributed by atoms with Gasteiger partial charge in [-0.3, -0.25) is 4.79 Å². The topological polar surface area (TPSA) is 35.5 Å². The Balaban J connectivity index is 2.16. The van der Waals surface area contributed by atoms with Gasteiger partial charge in [-0.2, -0.15) is 0 Å². The quantitative estimate of drug-likeness (QED) is 0.777. The smallest absolute Gasteiger partial charge is 0.302 e. The summed E-state index contributed by atoms with van der Waals surface area (Å²) in [4.78, 5) is 11.2. The predicted molar refractivity (Wildman–Crippen MR) is 74.4 cm³/mol.